The van der Waals surface area contributed by atoms with Crippen LogP contribution in [0.4, 0.5) is 0 Å². The third kappa shape index (κ3) is 3.19. The Labute approximate surface area is 123 Å². The Kier molecular flexibility index (Phi) is 4.97. The molecule has 20 heavy (non-hydrogen) atoms. The minimum atomic E-state index is -0.257. The van der Waals surface area contributed by atoms with Gasteiger partial charge in [-0.25, -0.2) is 0 Å². The smallest absolute Gasteiger partial charge is 0.170 e. The predicted molar refractivity (Wildman–Crippen MR) is 79.8 cm³/mol. The second-order valence-electron chi connectivity index (χ2n) is 6.58. The Balaban J connectivity index is 1.67. The van der Waals surface area contributed by atoms with Crippen molar-refractivity contribution in [2.24, 2.45) is 0 Å². The van der Waals surface area contributed by atoms with Crippen molar-refractivity contribution in [1.82, 2.24) is 10.2 Å². The fourth-order valence-electron chi connectivity index (χ4n) is 4.09. The molecule has 2 aliphatic heterocycles. The van der Waals surface area contributed by atoms with Crippen LogP contribution in [0.5, 0.6) is 0 Å². The molecule has 4 nitrogen and oxygen atoms in total. The van der Waals surface area contributed by atoms with E-state index >= 15 is 0 Å². The number of ether oxygens (including phenoxy) is 2. The number of hydrogen-bond acceptors (Lipinski definition) is 4. The van der Waals surface area contributed by atoms with Crippen LogP contribution in [0.2, 0.25) is 0 Å². The molecule has 2 atom stereocenters. The number of hydrogen-bond donors (Lipinski definition) is 1. The van der Waals surface area contributed by atoms with Crippen molar-refractivity contribution in [3.05, 3.63) is 0 Å². The van der Waals surface area contributed by atoms with Crippen LogP contribution in [-0.4, -0.2) is 55.6 Å². The van der Waals surface area contributed by atoms with E-state index in [0.717, 1.165) is 32.6 Å². The lowest BCUT2D eigenvalue weighted by Crippen LogP contribution is -2.58. The molecule has 3 fully saturated rings. The summed E-state index contributed by atoms with van der Waals surface area (Å²) >= 11 is 0. The summed E-state index contributed by atoms with van der Waals surface area (Å²) in [6.45, 7) is 7.44. The summed E-state index contributed by atoms with van der Waals surface area (Å²) in [6.07, 6.45) is 8.60. The second kappa shape index (κ2) is 6.73. The summed E-state index contributed by atoms with van der Waals surface area (Å²) in [5, 5.41) is 3.77. The van der Waals surface area contributed by atoms with Crippen molar-refractivity contribution in [1.29, 1.82) is 0 Å². The zero-order valence-electron chi connectivity index (χ0n) is 12.9. The number of piperidine rings is 1. The van der Waals surface area contributed by atoms with E-state index in [4.69, 9.17) is 9.47 Å². The van der Waals surface area contributed by atoms with Crippen LogP contribution in [-0.2, 0) is 9.47 Å². The SMILES string of the molecule is CCCNC1CCC2(CC1N1CCCCC1)OCCO2. The lowest BCUT2D eigenvalue weighted by Gasteiger charge is -2.47. The van der Waals surface area contributed by atoms with Gasteiger partial charge in [-0.15, -0.1) is 0 Å². The summed E-state index contributed by atoms with van der Waals surface area (Å²) in [6, 6.07) is 1.21. The van der Waals surface area contributed by atoms with Gasteiger partial charge in [0.05, 0.1) is 13.2 Å². The van der Waals surface area contributed by atoms with Gasteiger partial charge in [0.15, 0.2) is 5.79 Å². The molecular formula is C16H30N2O2. The summed E-state index contributed by atoms with van der Waals surface area (Å²) in [7, 11) is 0. The average Bonchev–Trinajstić information content (AvgIpc) is 2.95. The van der Waals surface area contributed by atoms with E-state index in [9.17, 15) is 0 Å². The van der Waals surface area contributed by atoms with Crippen LogP contribution >= 0.6 is 0 Å². The molecule has 3 aliphatic rings. The van der Waals surface area contributed by atoms with E-state index in [1.54, 1.807) is 0 Å². The van der Waals surface area contributed by atoms with Crippen molar-refractivity contribution in [2.75, 3.05) is 32.8 Å². The number of nitrogens with one attached hydrogen (secondary N) is 1. The number of likely N-dealkylation sites (tertiary alicyclic amines) is 1. The van der Waals surface area contributed by atoms with Gasteiger partial charge in [-0.3, -0.25) is 4.90 Å². The first kappa shape index (κ1) is 14.8. The van der Waals surface area contributed by atoms with Gasteiger partial charge < -0.3 is 14.8 Å². The second-order valence-corrected chi connectivity index (χ2v) is 6.58. The molecule has 2 saturated heterocycles. The van der Waals surface area contributed by atoms with E-state index in [1.807, 2.05) is 0 Å². The molecule has 2 heterocycles. The van der Waals surface area contributed by atoms with Gasteiger partial charge in [0.25, 0.3) is 0 Å². The van der Waals surface area contributed by atoms with Gasteiger partial charge in [-0.2, -0.15) is 0 Å². The van der Waals surface area contributed by atoms with Crippen molar-refractivity contribution in [3.63, 3.8) is 0 Å². The molecule has 116 valence electrons. The number of rotatable bonds is 4. The van der Waals surface area contributed by atoms with Gasteiger partial charge in [-0.05, 0) is 45.3 Å². The van der Waals surface area contributed by atoms with Crippen molar-refractivity contribution in [2.45, 2.75) is 69.7 Å². The summed E-state index contributed by atoms with van der Waals surface area (Å²) < 4.78 is 12.0. The van der Waals surface area contributed by atoms with Gasteiger partial charge in [0.2, 0.25) is 0 Å². The fraction of sp³-hybridized carbons (Fsp3) is 1.00. The highest BCUT2D eigenvalue weighted by Crippen LogP contribution is 2.38. The zero-order chi connectivity index (χ0) is 13.8. The molecule has 0 aromatic heterocycles. The molecule has 2 unspecified atom stereocenters. The highest BCUT2D eigenvalue weighted by Gasteiger charge is 2.46. The fourth-order valence-corrected chi connectivity index (χ4v) is 4.09. The minimum absolute atomic E-state index is 0.257. The minimum Gasteiger partial charge on any atom is -0.347 e. The summed E-state index contributed by atoms with van der Waals surface area (Å²) in [5.41, 5.74) is 0. The third-order valence-corrected chi connectivity index (χ3v) is 5.15. The summed E-state index contributed by atoms with van der Waals surface area (Å²) in [5.74, 6) is -0.257. The largest absolute Gasteiger partial charge is 0.347 e. The van der Waals surface area contributed by atoms with E-state index in [-0.39, 0.29) is 5.79 Å². The van der Waals surface area contributed by atoms with E-state index in [2.05, 4.69) is 17.1 Å². The van der Waals surface area contributed by atoms with Crippen LogP contribution in [0.25, 0.3) is 0 Å². The predicted octanol–water partition coefficient (Wildman–Crippen LogP) is 2.14. The molecule has 0 aromatic carbocycles. The highest BCUT2D eigenvalue weighted by atomic mass is 16.7. The van der Waals surface area contributed by atoms with Crippen LogP contribution in [0.3, 0.4) is 0 Å². The Morgan fingerprint density at radius 3 is 2.60 bits per heavy atom. The highest BCUT2D eigenvalue weighted by molar-refractivity contribution is 4.97. The maximum absolute atomic E-state index is 5.98. The summed E-state index contributed by atoms with van der Waals surface area (Å²) in [4.78, 5) is 2.70. The van der Waals surface area contributed by atoms with Crippen LogP contribution in [0.1, 0.15) is 51.9 Å². The van der Waals surface area contributed by atoms with Crippen LogP contribution in [0, 0.1) is 0 Å². The normalized spacial score (nSPS) is 34.6. The lowest BCUT2D eigenvalue weighted by atomic mass is 9.83. The van der Waals surface area contributed by atoms with Gasteiger partial charge >= 0.3 is 0 Å². The Morgan fingerprint density at radius 1 is 1.15 bits per heavy atom. The molecule has 3 rings (SSSR count). The first-order chi connectivity index (χ1) is 9.83. The monoisotopic (exact) mass is 282 g/mol. The van der Waals surface area contributed by atoms with E-state index in [0.29, 0.717) is 12.1 Å². The topological polar surface area (TPSA) is 33.7 Å². The van der Waals surface area contributed by atoms with Crippen molar-refractivity contribution < 1.29 is 9.47 Å². The van der Waals surface area contributed by atoms with Crippen LogP contribution in [0.15, 0.2) is 0 Å². The molecule has 1 saturated carbocycles. The first-order valence-electron chi connectivity index (χ1n) is 8.58. The third-order valence-electron chi connectivity index (χ3n) is 5.15. The van der Waals surface area contributed by atoms with E-state index < -0.39 is 0 Å². The molecule has 1 N–H and O–H groups in total. The Bertz CT molecular complexity index is 299. The zero-order valence-corrected chi connectivity index (χ0v) is 12.9. The number of nitrogens with zero attached hydrogens (tertiary/aromatic N) is 1. The van der Waals surface area contributed by atoms with Crippen molar-refractivity contribution in [3.8, 4) is 0 Å². The van der Waals surface area contributed by atoms with E-state index in [1.165, 1.54) is 45.2 Å². The average molecular weight is 282 g/mol. The molecule has 1 aliphatic carbocycles. The molecule has 0 amide bonds. The Hall–Kier alpha value is -0.160. The van der Waals surface area contributed by atoms with Crippen LogP contribution < -0.4 is 5.32 Å². The van der Waals surface area contributed by atoms with Gasteiger partial charge in [0, 0.05) is 24.9 Å². The Morgan fingerprint density at radius 2 is 1.90 bits per heavy atom. The molecule has 0 bridgehead atoms. The van der Waals surface area contributed by atoms with Gasteiger partial charge in [-0.1, -0.05) is 13.3 Å². The molecule has 4 heteroatoms. The molecular weight excluding hydrogens is 252 g/mol. The quantitative estimate of drug-likeness (QED) is 0.856. The molecule has 1 spiro atoms. The first-order valence-corrected chi connectivity index (χ1v) is 8.58. The van der Waals surface area contributed by atoms with Crippen molar-refractivity contribution >= 4 is 0 Å². The molecule has 0 aromatic rings. The van der Waals surface area contributed by atoms with Gasteiger partial charge in [0.1, 0.15) is 0 Å². The maximum atomic E-state index is 5.98. The standard InChI is InChI=1S/C16H30N2O2/c1-2-8-17-14-6-7-16(19-11-12-20-16)13-15(14)18-9-4-3-5-10-18/h14-15,17H,2-13H2,1H3. The lowest BCUT2D eigenvalue weighted by molar-refractivity contribution is -0.194. The maximum Gasteiger partial charge on any atom is 0.170 e. The molecule has 0 radical (unpaired) electrons.